The molecule has 0 saturated heterocycles. The molecule has 7 heteroatoms. The Kier molecular flexibility index (Phi) is 5.25. The van der Waals surface area contributed by atoms with Crippen molar-refractivity contribution in [3.8, 4) is 9.88 Å². The zero-order valence-electron chi connectivity index (χ0n) is 13.8. The van der Waals surface area contributed by atoms with Crippen LogP contribution in [0.1, 0.15) is 35.9 Å². The van der Waals surface area contributed by atoms with E-state index in [1.165, 1.54) is 18.3 Å². The van der Waals surface area contributed by atoms with Crippen molar-refractivity contribution < 1.29 is 9.59 Å². The van der Waals surface area contributed by atoms with E-state index in [0.717, 1.165) is 15.4 Å². The average Bonchev–Trinajstić information content (AvgIpc) is 3.25. The highest BCUT2D eigenvalue weighted by Crippen LogP contribution is 2.28. The van der Waals surface area contributed by atoms with Gasteiger partial charge in [-0.25, -0.2) is 4.98 Å². The maximum Gasteiger partial charge on any atom is 0.271 e. The molecule has 0 spiro atoms. The SMILES string of the molecule is CC(=O)Nc1cccc(C(C)NC(=O)c2csc(-c3cccs3)n2)c1. The van der Waals surface area contributed by atoms with Crippen LogP contribution >= 0.6 is 22.7 Å². The average molecular weight is 371 g/mol. The Balaban J connectivity index is 1.69. The standard InChI is InChI=1S/C18H17N3O2S2/c1-11(13-5-3-6-14(9-13)20-12(2)22)19-17(23)15-10-25-18(21-15)16-7-4-8-24-16/h3-11H,1-2H3,(H,19,23)(H,20,22). The molecule has 0 bridgehead atoms. The fraction of sp³-hybridized carbons (Fsp3) is 0.167. The number of hydrogen-bond donors (Lipinski definition) is 2. The summed E-state index contributed by atoms with van der Waals surface area (Å²) in [6.07, 6.45) is 0. The van der Waals surface area contributed by atoms with Crippen LogP contribution in [0, 0.1) is 0 Å². The first-order valence-electron chi connectivity index (χ1n) is 7.71. The third-order valence-electron chi connectivity index (χ3n) is 3.52. The molecule has 0 saturated carbocycles. The summed E-state index contributed by atoms with van der Waals surface area (Å²) in [7, 11) is 0. The summed E-state index contributed by atoms with van der Waals surface area (Å²) in [5.41, 5.74) is 2.03. The summed E-state index contributed by atoms with van der Waals surface area (Å²) in [5, 5.41) is 10.3. The van der Waals surface area contributed by atoms with Gasteiger partial charge in [0.2, 0.25) is 5.91 Å². The predicted octanol–water partition coefficient (Wildman–Crippen LogP) is 4.32. The highest BCUT2D eigenvalue weighted by molar-refractivity contribution is 7.20. The van der Waals surface area contributed by atoms with Gasteiger partial charge < -0.3 is 10.6 Å². The number of nitrogens with one attached hydrogen (secondary N) is 2. The summed E-state index contributed by atoms with van der Waals surface area (Å²) < 4.78 is 0. The zero-order chi connectivity index (χ0) is 17.8. The number of carbonyl (C=O) groups is 2. The lowest BCUT2D eigenvalue weighted by Gasteiger charge is -2.14. The quantitative estimate of drug-likeness (QED) is 0.701. The summed E-state index contributed by atoms with van der Waals surface area (Å²) in [6, 6.07) is 11.2. The number of thiophene rings is 1. The number of rotatable bonds is 5. The lowest BCUT2D eigenvalue weighted by atomic mass is 10.1. The molecule has 1 atom stereocenters. The van der Waals surface area contributed by atoms with E-state index in [4.69, 9.17) is 0 Å². The van der Waals surface area contributed by atoms with Crippen LogP contribution in [-0.2, 0) is 4.79 Å². The van der Waals surface area contributed by atoms with E-state index in [0.29, 0.717) is 11.4 Å². The van der Waals surface area contributed by atoms with E-state index >= 15 is 0 Å². The molecule has 3 rings (SSSR count). The van der Waals surface area contributed by atoms with Crippen molar-refractivity contribution in [2.24, 2.45) is 0 Å². The number of nitrogens with zero attached hydrogens (tertiary/aromatic N) is 1. The second-order valence-corrected chi connectivity index (χ2v) is 7.32. The Morgan fingerprint density at radius 2 is 2.00 bits per heavy atom. The van der Waals surface area contributed by atoms with Gasteiger partial charge in [0.15, 0.2) is 0 Å². The monoisotopic (exact) mass is 371 g/mol. The van der Waals surface area contributed by atoms with Gasteiger partial charge in [-0.05, 0) is 36.1 Å². The molecule has 0 fully saturated rings. The zero-order valence-corrected chi connectivity index (χ0v) is 15.4. The van der Waals surface area contributed by atoms with Gasteiger partial charge in [0.05, 0.1) is 10.9 Å². The van der Waals surface area contributed by atoms with Crippen molar-refractivity contribution in [1.82, 2.24) is 10.3 Å². The first-order chi connectivity index (χ1) is 12.0. The first kappa shape index (κ1) is 17.3. The minimum atomic E-state index is -0.212. The number of amides is 2. The number of thiazole rings is 1. The minimum Gasteiger partial charge on any atom is -0.344 e. The van der Waals surface area contributed by atoms with E-state index in [9.17, 15) is 9.59 Å². The molecule has 2 aromatic heterocycles. The van der Waals surface area contributed by atoms with Crippen molar-refractivity contribution in [2.75, 3.05) is 5.32 Å². The topological polar surface area (TPSA) is 71.1 Å². The van der Waals surface area contributed by atoms with Gasteiger partial charge in [-0.1, -0.05) is 18.2 Å². The van der Waals surface area contributed by atoms with Gasteiger partial charge in [-0.3, -0.25) is 9.59 Å². The van der Waals surface area contributed by atoms with Crippen LogP contribution in [0.4, 0.5) is 5.69 Å². The van der Waals surface area contributed by atoms with E-state index in [-0.39, 0.29) is 17.9 Å². The Bertz CT molecular complexity index is 887. The number of hydrogen-bond acceptors (Lipinski definition) is 5. The van der Waals surface area contributed by atoms with Crippen molar-refractivity contribution in [3.63, 3.8) is 0 Å². The van der Waals surface area contributed by atoms with Gasteiger partial charge >= 0.3 is 0 Å². The van der Waals surface area contributed by atoms with Gasteiger partial charge in [-0.2, -0.15) is 0 Å². The molecule has 0 aliphatic heterocycles. The number of anilines is 1. The Morgan fingerprint density at radius 3 is 2.72 bits per heavy atom. The van der Waals surface area contributed by atoms with Crippen LogP contribution < -0.4 is 10.6 Å². The van der Waals surface area contributed by atoms with Gasteiger partial charge in [0, 0.05) is 18.0 Å². The maximum absolute atomic E-state index is 12.4. The third kappa shape index (κ3) is 4.32. The van der Waals surface area contributed by atoms with Crippen LogP contribution in [0.2, 0.25) is 0 Å². The fourth-order valence-corrected chi connectivity index (χ4v) is 3.95. The van der Waals surface area contributed by atoms with E-state index in [1.807, 2.05) is 48.7 Å². The van der Waals surface area contributed by atoms with Crippen molar-refractivity contribution >= 4 is 40.2 Å². The molecule has 0 aliphatic carbocycles. The molecular weight excluding hydrogens is 354 g/mol. The molecule has 1 unspecified atom stereocenters. The normalized spacial score (nSPS) is 11.8. The van der Waals surface area contributed by atoms with Crippen molar-refractivity contribution in [1.29, 1.82) is 0 Å². The summed E-state index contributed by atoms with van der Waals surface area (Å²) in [6.45, 7) is 3.36. The molecule has 0 radical (unpaired) electrons. The Morgan fingerprint density at radius 1 is 1.16 bits per heavy atom. The molecule has 0 aliphatic rings. The predicted molar refractivity (Wildman–Crippen MR) is 102 cm³/mol. The van der Waals surface area contributed by atoms with Gasteiger partial charge in [-0.15, -0.1) is 22.7 Å². The number of aromatic nitrogens is 1. The molecular formula is C18H17N3O2S2. The van der Waals surface area contributed by atoms with Crippen LogP contribution in [-0.4, -0.2) is 16.8 Å². The highest BCUT2D eigenvalue weighted by atomic mass is 32.1. The molecule has 25 heavy (non-hydrogen) atoms. The van der Waals surface area contributed by atoms with E-state index < -0.39 is 0 Å². The molecule has 2 heterocycles. The van der Waals surface area contributed by atoms with Crippen LogP contribution in [0.3, 0.4) is 0 Å². The molecule has 2 N–H and O–H groups in total. The second-order valence-electron chi connectivity index (χ2n) is 5.52. The van der Waals surface area contributed by atoms with E-state index in [1.54, 1.807) is 16.7 Å². The fourth-order valence-electron chi connectivity index (χ4n) is 2.33. The molecule has 5 nitrogen and oxygen atoms in total. The van der Waals surface area contributed by atoms with Crippen LogP contribution in [0.25, 0.3) is 9.88 Å². The summed E-state index contributed by atoms with van der Waals surface area (Å²) >= 11 is 3.06. The largest absolute Gasteiger partial charge is 0.344 e. The van der Waals surface area contributed by atoms with E-state index in [2.05, 4.69) is 15.6 Å². The Labute approximate surface area is 153 Å². The van der Waals surface area contributed by atoms with Crippen LogP contribution in [0.15, 0.2) is 47.2 Å². The van der Waals surface area contributed by atoms with Gasteiger partial charge in [0.25, 0.3) is 5.91 Å². The maximum atomic E-state index is 12.4. The highest BCUT2D eigenvalue weighted by Gasteiger charge is 2.16. The lowest BCUT2D eigenvalue weighted by Crippen LogP contribution is -2.27. The van der Waals surface area contributed by atoms with Crippen LogP contribution in [0.5, 0.6) is 0 Å². The summed E-state index contributed by atoms with van der Waals surface area (Å²) in [4.78, 5) is 29.1. The van der Waals surface area contributed by atoms with Crippen molar-refractivity contribution in [3.05, 3.63) is 58.4 Å². The third-order valence-corrected chi connectivity index (χ3v) is 5.40. The lowest BCUT2D eigenvalue weighted by molar-refractivity contribution is -0.114. The second kappa shape index (κ2) is 7.58. The smallest absolute Gasteiger partial charge is 0.271 e. The van der Waals surface area contributed by atoms with Gasteiger partial charge in [0.1, 0.15) is 10.7 Å². The number of benzene rings is 1. The first-order valence-corrected chi connectivity index (χ1v) is 9.46. The van der Waals surface area contributed by atoms with Crippen molar-refractivity contribution in [2.45, 2.75) is 19.9 Å². The minimum absolute atomic E-state index is 0.127. The molecule has 3 aromatic rings. The summed E-state index contributed by atoms with van der Waals surface area (Å²) in [5.74, 6) is -0.339. The Hall–Kier alpha value is -2.51. The molecule has 128 valence electrons. The molecule has 1 aromatic carbocycles. The number of carbonyl (C=O) groups excluding carboxylic acids is 2. The molecule has 2 amide bonds.